The Morgan fingerprint density at radius 2 is 1.92 bits per heavy atom. The van der Waals surface area contributed by atoms with Gasteiger partial charge in [0.25, 0.3) is 5.91 Å². The third kappa shape index (κ3) is 3.36. The van der Waals surface area contributed by atoms with Crippen molar-refractivity contribution in [1.82, 2.24) is 14.5 Å². The fourth-order valence-electron chi connectivity index (χ4n) is 3.00. The number of rotatable bonds is 5. The average molecular weight is 337 g/mol. The van der Waals surface area contributed by atoms with Crippen LogP contribution in [0.5, 0.6) is 5.75 Å². The summed E-state index contributed by atoms with van der Waals surface area (Å²) in [7, 11) is 5.46. The monoisotopic (exact) mass is 337 g/mol. The third-order valence-corrected chi connectivity index (χ3v) is 4.46. The van der Waals surface area contributed by atoms with Gasteiger partial charge >= 0.3 is 0 Å². The zero-order valence-electron chi connectivity index (χ0n) is 15.1. The number of carbonyl (C=O) groups is 1. The van der Waals surface area contributed by atoms with Gasteiger partial charge in [0.1, 0.15) is 11.6 Å². The van der Waals surface area contributed by atoms with Gasteiger partial charge in [0.05, 0.1) is 18.1 Å². The van der Waals surface area contributed by atoms with E-state index in [-0.39, 0.29) is 5.91 Å². The summed E-state index contributed by atoms with van der Waals surface area (Å²) >= 11 is 0. The molecule has 2 aromatic carbocycles. The van der Waals surface area contributed by atoms with Crippen molar-refractivity contribution in [2.75, 3.05) is 14.2 Å². The highest BCUT2D eigenvalue weighted by atomic mass is 16.5. The van der Waals surface area contributed by atoms with E-state index < -0.39 is 0 Å². The molecule has 0 saturated carbocycles. The lowest BCUT2D eigenvalue weighted by atomic mass is 10.1. The van der Waals surface area contributed by atoms with Crippen molar-refractivity contribution in [3.63, 3.8) is 0 Å². The summed E-state index contributed by atoms with van der Waals surface area (Å²) < 4.78 is 7.24. The minimum absolute atomic E-state index is 0.0126. The molecule has 0 saturated heterocycles. The lowest BCUT2D eigenvalue weighted by Crippen LogP contribution is -2.26. The van der Waals surface area contributed by atoms with Crippen molar-refractivity contribution in [2.45, 2.75) is 19.9 Å². The van der Waals surface area contributed by atoms with Crippen LogP contribution in [0.2, 0.25) is 0 Å². The van der Waals surface area contributed by atoms with Crippen LogP contribution in [0.4, 0.5) is 0 Å². The fourth-order valence-corrected chi connectivity index (χ4v) is 3.00. The molecule has 3 aromatic rings. The SMILES string of the molecule is CCc1nc2cc(C(=O)N(C)Cc3ccc(OC)cc3)ccc2n1C. The number of ether oxygens (including phenoxy) is 1. The molecule has 0 fully saturated rings. The second-order valence-corrected chi connectivity index (χ2v) is 6.15. The van der Waals surface area contributed by atoms with Crippen molar-refractivity contribution >= 4 is 16.9 Å². The number of hydrogen-bond donors (Lipinski definition) is 0. The number of hydrogen-bond acceptors (Lipinski definition) is 3. The van der Waals surface area contributed by atoms with Gasteiger partial charge in [-0.2, -0.15) is 0 Å². The lowest BCUT2D eigenvalue weighted by molar-refractivity contribution is 0.0785. The normalized spacial score (nSPS) is 10.9. The second kappa shape index (κ2) is 6.97. The van der Waals surface area contributed by atoms with E-state index in [0.717, 1.165) is 34.6 Å². The Kier molecular flexibility index (Phi) is 4.74. The molecule has 5 heteroatoms. The van der Waals surface area contributed by atoms with Gasteiger partial charge in [-0.15, -0.1) is 0 Å². The van der Waals surface area contributed by atoms with Crippen LogP contribution in [0.3, 0.4) is 0 Å². The maximum Gasteiger partial charge on any atom is 0.253 e. The molecule has 0 bridgehead atoms. The zero-order chi connectivity index (χ0) is 18.0. The number of nitrogens with zero attached hydrogens (tertiary/aromatic N) is 3. The first kappa shape index (κ1) is 17.0. The molecular weight excluding hydrogens is 314 g/mol. The highest BCUT2D eigenvalue weighted by molar-refractivity contribution is 5.97. The fraction of sp³-hybridized carbons (Fsp3) is 0.300. The number of aryl methyl sites for hydroxylation is 2. The topological polar surface area (TPSA) is 47.4 Å². The van der Waals surface area contributed by atoms with Crippen LogP contribution in [0.25, 0.3) is 11.0 Å². The molecule has 1 heterocycles. The van der Waals surface area contributed by atoms with E-state index in [0.29, 0.717) is 12.1 Å². The van der Waals surface area contributed by atoms with Crippen molar-refractivity contribution in [3.05, 3.63) is 59.4 Å². The Hall–Kier alpha value is -2.82. The number of imidazole rings is 1. The van der Waals surface area contributed by atoms with Crippen molar-refractivity contribution in [1.29, 1.82) is 0 Å². The maximum atomic E-state index is 12.7. The molecule has 1 amide bonds. The smallest absolute Gasteiger partial charge is 0.253 e. The number of aromatic nitrogens is 2. The van der Waals surface area contributed by atoms with Crippen LogP contribution >= 0.6 is 0 Å². The molecule has 5 nitrogen and oxygen atoms in total. The number of methoxy groups -OCH3 is 1. The molecule has 0 aliphatic rings. The van der Waals surface area contributed by atoms with Gasteiger partial charge in [-0.3, -0.25) is 4.79 Å². The summed E-state index contributed by atoms with van der Waals surface area (Å²) in [6.07, 6.45) is 0.867. The van der Waals surface area contributed by atoms with Crippen LogP contribution in [-0.4, -0.2) is 34.5 Å². The second-order valence-electron chi connectivity index (χ2n) is 6.15. The van der Waals surface area contributed by atoms with Crippen LogP contribution < -0.4 is 4.74 Å². The van der Waals surface area contributed by atoms with Crippen molar-refractivity contribution in [3.8, 4) is 5.75 Å². The largest absolute Gasteiger partial charge is 0.497 e. The predicted molar refractivity (Wildman–Crippen MR) is 98.9 cm³/mol. The number of benzene rings is 2. The van der Waals surface area contributed by atoms with Gasteiger partial charge in [-0.05, 0) is 35.9 Å². The summed E-state index contributed by atoms with van der Waals surface area (Å²) in [6.45, 7) is 2.62. The lowest BCUT2D eigenvalue weighted by Gasteiger charge is -2.17. The molecule has 0 atom stereocenters. The first-order valence-corrected chi connectivity index (χ1v) is 8.37. The Bertz CT molecular complexity index is 897. The minimum Gasteiger partial charge on any atom is -0.497 e. The third-order valence-electron chi connectivity index (χ3n) is 4.46. The van der Waals surface area contributed by atoms with Crippen LogP contribution in [0, 0.1) is 0 Å². The summed E-state index contributed by atoms with van der Waals surface area (Å²) in [5.41, 5.74) is 3.63. The number of fused-ring (bicyclic) bond motifs is 1. The highest BCUT2D eigenvalue weighted by Gasteiger charge is 2.15. The van der Waals surface area contributed by atoms with E-state index in [1.807, 2.05) is 56.6 Å². The van der Waals surface area contributed by atoms with Gasteiger partial charge in [0.2, 0.25) is 0 Å². The molecule has 130 valence electrons. The summed E-state index contributed by atoms with van der Waals surface area (Å²) in [5.74, 6) is 1.82. The number of amides is 1. The molecular formula is C20H23N3O2. The summed E-state index contributed by atoms with van der Waals surface area (Å²) in [5, 5.41) is 0. The maximum absolute atomic E-state index is 12.7. The minimum atomic E-state index is -0.0126. The Balaban J connectivity index is 1.80. The van der Waals surface area contributed by atoms with Gasteiger partial charge in [-0.25, -0.2) is 4.98 Å². The Morgan fingerprint density at radius 3 is 2.56 bits per heavy atom. The molecule has 25 heavy (non-hydrogen) atoms. The molecule has 0 aliphatic heterocycles. The standard InChI is InChI=1S/C20H23N3O2/c1-5-19-21-17-12-15(8-11-18(17)23(19)3)20(24)22(2)13-14-6-9-16(25-4)10-7-14/h6-12H,5,13H2,1-4H3. The van der Waals surface area contributed by atoms with Gasteiger partial charge < -0.3 is 14.2 Å². The van der Waals surface area contributed by atoms with Gasteiger partial charge in [-0.1, -0.05) is 19.1 Å². The van der Waals surface area contributed by atoms with E-state index in [4.69, 9.17) is 4.74 Å². The van der Waals surface area contributed by atoms with Crippen LogP contribution in [0.1, 0.15) is 28.7 Å². The van der Waals surface area contributed by atoms with E-state index in [1.54, 1.807) is 12.0 Å². The van der Waals surface area contributed by atoms with Crippen molar-refractivity contribution < 1.29 is 9.53 Å². The molecule has 0 radical (unpaired) electrons. The van der Waals surface area contributed by atoms with E-state index in [2.05, 4.69) is 16.5 Å². The summed E-state index contributed by atoms with van der Waals surface area (Å²) in [4.78, 5) is 19.1. The molecule has 1 aromatic heterocycles. The van der Waals surface area contributed by atoms with Crippen LogP contribution in [-0.2, 0) is 20.0 Å². The van der Waals surface area contributed by atoms with E-state index in [9.17, 15) is 4.79 Å². The molecule has 3 rings (SSSR count). The van der Waals surface area contributed by atoms with E-state index in [1.165, 1.54) is 0 Å². The predicted octanol–water partition coefficient (Wildman–Crippen LogP) is 3.42. The van der Waals surface area contributed by atoms with Crippen molar-refractivity contribution in [2.24, 2.45) is 7.05 Å². The zero-order valence-corrected chi connectivity index (χ0v) is 15.1. The Morgan fingerprint density at radius 1 is 1.20 bits per heavy atom. The van der Waals surface area contributed by atoms with Gasteiger partial charge in [0.15, 0.2) is 0 Å². The quantitative estimate of drug-likeness (QED) is 0.717. The Labute approximate surface area is 147 Å². The summed E-state index contributed by atoms with van der Waals surface area (Å²) in [6, 6.07) is 13.5. The highest BCUT2D eigenvalue weighted by Crippen LogP contribution is 2.19. The molecule has 0 aliphatic carbocycles. The van der Waals surface area contributed by atoms with E-state index >= 15 is 0 Å². The molecule has 0 N–H and O–H groups in total. The first-order chi connectivity index (χ1) is 12.0. The molecule has 0 spiro atoms. The van der Waals surface area contributed by atoms with Crippen LogP contribution in [0.15, 0.2) is 42.5 Å². The average Bonchev–Trinajstić information content (AvgIpc) is 2.97. The first-order valence-electron chi connectivity index (χ1n) is 8.37. The number of carbonyl (C=O) groups excluding carboxylic acids is 1. The van der Waals surface area contributed by atoms with Gasteiger partial charge in [0, 0.05) is 32.6 Å². The molecule has 0 unspecified atom stereocenters.